The van der Waals surface area contributed by atoms with Crippen molar-refractivity contribution in [1.29, 1.82) is 0 Å². The van der Waals surface area contributed by atoms with Crippen LogP contribution in [0, 0.1) is 5.82 Å². The first-order chi connectivity index (χ1) is 12.0. The highest BCUT2D eigenvalue weighted by atomic mass is 35.5. The SMILES string of the molecule is COC(=O)C1=C(N)NC(c2ncccc2F)=NC1c1ccccc1Cl. The molecule has 1 unspecified atom stereocenters. The lowest BCUT2D eigenvalue weighted by molar-refractivity contribution is -0.136. The first-order valence-electron chi connectivity index (χ1n) is 7.31. The maximum atomic E-state index is 14.1. The minimum atomic E-state index is -0.848. The van der Waals surface area contributed by atoms with Crippen LogP contribution in [0.1, 0.15) is 17.3 Å². The van der Waals surface area contributed by atoms with E-state index in [2.05, 4.69) is 15.3 Å². The summed E-state index contributed by atoms with van der Waals surface area (Å²) in [6.07, 6.45) is 1.43. The topological polar surface area (TPSA) is 89.6 Å². The lowest BCUT2D eigenvalue weighted by Crippen LogP contribution is -2.38. The molecule has 6 nitrogen and oxygen atoms in total. The molecular formula is C17H14ClFN4O2. The zero-order valence-corrected chi connectivity index (χ0v) is 13.9. The van der Waals surface area contributed by atoms with E-state index in [-0.39, 0.29) is 22.9 Å². The maximum Gasteiger partial charge on any atom is 0.339 e. The highest BCUT2D eigenvalue weighted by molar-refractivity contribution is 6.31. The van der Waals surface area contributed by atoms with E-state index >= 15 is 0 Å². The van der Waals surface area contributed by atoms with Crippen molar-refractivity contribution in [1.82, 2.24) is 10.3 Å². The third-order valence-electron chi connectivity index (χ3n) is 3.66. The normalized spacial score (nSPS) is 16.9. The molecule has 1 aromatic heterocycles. The van der Waals surface area contributed by atoms with Crippen molar-refractivity contribution in [3.63, 3.8) is 0 Å². The number of nitrogens with one attached hydrogen (secondary N) is 1. The number of pyridine rings is 1. The molecule has 0 saturated heterocycles. The number of carbonyl (C=O) groups excluding carboxylic acids is 1. The molecule has 3 rings (SSSR count). The summed E-state index contributed by atoms with van der Waals surface area (Å²) in [5.41, 5.74) is 6.63. The molecule has 1 aliphatic rings. The molecule has 0 bridgehead atoms. The molecule has 128 valence electrons. The molecule has 0 radical (unpaired) electrons. The second-order valence-electron chi connectivity index (χ2n) is 5.18. The molecule has 0 saturated carbocycles. The first kappa shape index (κ1) is 16.9. The Labute approximate surface area is 148 Å². The van der Waals surface area contributed by atoms with Crippen LogP contribution in [-0.2, 0) is 9.53 Å². The zero-order chi connectivity index (χ0) is 18.0. The van der Waals surface area contributed by atoms with Crippen molar-refractivity contribution in [2.24, 2.45) is 10.7 Å². The van der Waals surface area contributed by atoms with Crippen LogP contribution in [0.15, 0.2) is 59.0 Å². The van der Waals surface area contributed by atoms with Crippen LogP contribution < -0.4 is 11.1 Å². The van der Waals surface area contributed by atoms with E-state index in [1.165, 1.54) is 25.4 Å². The maximum absolute atomic E-state index is 14.1. The summed E-state index contributed by atoms with van der Waals surface area (Å²) < 4.78 is 18.9. The molecule has 0 aliphatic carbocycles. The second kappa shape index (κ2) is 6.90. The molecule has 0 spiro atoms. The van der Waals surface area contributed by atoms with Gasteiger partial charge in [-0.1, -0.05) is 29.8 Å². The van der Waals surface area contributed by atoms with Gasteiger partial charge in [-0.2, -0.15) is 0 Å². The molecule has 1 aromatic carbocycles. The average molecular weight is 361 g/mol. The lowest BCUT2D eigenvalue weighted by atomic mass is 9.97. The van der Waals surface area contributed by atoms with E-state index in [0.717, 1.165) is 0 Å². The molecular weight excluding hydrogens is 347 g/mol. The van der Waals surface area contributed by atoms with Gasteiger partial charge in [-0.15, -0.1) is 0 Å². The van der Waals surface area contributed by atoms with Gasteiger partial charge in [-0.25, -0.2) is 14.2 Å². The summed E-state index contributed by atoms with van der Waals surface area (Å²) in [6, 6.07) is 8.76. The highest BCUT2D eigenvalue weighted by Crippen LogP contribution is 2.34. The van der Waals surface area contributed by atoms with Gasteiger partial charge in [0, 0.05) is 16.8 Å². The zero-order valence-electron chi connectivity index (χ0n) is 13.2. The van der Waals surface area contributed by atoms with Crippen LogP contribution in [0.5, 0.6) is 0 Å². The van der Waals surface area contributed by atoms with Gasteiger partial charge in [0.2, 0.25) is 0 Å². The Bertz CT molecular complexity index is 898. The monoisotopic (exact) mass is 360 g/mol. The van der Waals surface area contributed by atoms with E-state index in [4.69, 9.17) is 22.1 Å². The Morgan fingerprint density at radius 3 is 2.76 bits per heavy atom. The fourth-order valence-corrected chi connectivity index (χ4v) is 2.74. The first-order valence-corrected chi connectivity index (χ1v) is 7.68. The number of halogens is 2. The van der Waals surface area contributed by atoms with Crippen molar-refractivity contribution in [3.8, 4) is 0 Å². The van der Waals surface area contributed by atoms with E-state index in [0.29, 0.717) is 10.6 Å². The van der Waals surface area contributed by atoms with Gasteiger partial charge < -0.3 is 15.8 Å². The number of nitrogens with two attached hydrogens (primary N) is 1. The largest absolute Gasteiger partial charge is 0.465 e. The number of nitrogens with zero attached hydrogens (tertiary/aromatic N) is 2. The predicted octanol–water partition coefficient (Wildman–Crippen LogP) is 2.31. The molecule has 8 heteroatoms. The van der Waals surface area contributed by atoms with Gasteiger partial charge in [0.05, 0.1) is 7.11 Å². The number of amidine groups is 1. The minimum absolute atomic E-state index is 0.00632. The number of aromatic nitrogens is 1. The van der Waals surface area contributed by atoms with Crippen LogP contribution in [0.4, 0.5) is 4.39 Å². The molecule has 0 fully saturated rings. The summed E-state index contributed by atoms with van der Waals surface area (Å²) in [5.74, 6) is -1.11. The molecule has 2 aromatic rings. The molecule has 2 heterocycles. The number of carbonyl (C=O) groups is 1. The van der Waals surface area contributed by atoms with E-state index in [1.807, 2.05) is 0 Å². The molecule has 25 heavy (non-hydrogen) atoms. The standard InChI is InChI=1S/C17H14ClFN4O2/c1-25-17(24)12-13(9-5-2-3-6-10(9)18)22-16(23-15(12)20)14-11(19)7-4-8-21-14/h2-8,13H,20H2,1H3,(H,22,23). The van der Waals surface area contributed by atoms with E-state index in [1.54, 1.807) is 24.3 Å². The number of rotatable bonds is 3. The fraction of sp³-hybridized carbons (Fsp3) is 0.118. The number of esters is 1. The minimum Gasteiger partial charge on any atom is -0.465 e. The highest BCUT2D eigenvalue weighted by Gasteiger charge is 2.33. The van der Waals surface area contributed by atoms with Crippen LogP contribution in [-0.4, -0.2) is 23.9 Å². The fourth-order valence-electron chi connectivity index (χ4n) is 2.50. The lowest BCUT2D eigenvalue weighted by Gasteiger charge is -2.25. The summed E-state index contributed by atoms with van der Waals surface area (Å²) in [7, 11) is 1.24. The van der Waals surface area contributed by atoms with Gasteiger partial charge >= 0.3 is 5.97 Å². The Balaban J connectivity index is 2.16. The summed E-state index contributed by atoms with van der Waals surface area (Å²) in [6.45, 7) is 0. The van der Waals surface area contributed by atoms with Crippen LogP contribution in [0.25, 0.3) is 0 Å². The third-order valence-corrected chi connectivity index (χ3v) is 4.01. The predicted molar refractivity (Wildman–Crippen MR) is 91.3 cm³/mol. The molecule has 3 N–H and O–H groups in total. The Morgan fingerprint density at radius 1 is 1.32 bits per heavy atom. The average Bonchev–Trinajstić information content (AvgIpc) is 2.61. The number of hydrogen-bond acceptors (Lipinski definition) is 6. The molecule has 1 aliphatic heterocycles. The second-order valence-corrected chi connectivity index (χ2v) is 5.59. The van der Waals surface area contributed by atoms with Gasteiger partial charge in [0.25, 0.3) is 0 Å². The summed E-state index contributed by atoms with van der Waals surface area (Å²) in [4.78, 5) is 20.6. The van der Waals surface area contributed by atoms with Crippen LogP contribution in [0.3, 0.4) is 0 Å². The summed E-state index contributed by atoms with van der Waals surface area (Å²) in [5, 5.41) is 3.12. The van der Waals surface area contributed by atoms with Crippen molar-refractivity contribution >= 4 is 23.4 Å². The van der Waals surface area contributed by atoms with Gasteiger partial charge in [0.15, 0.2) is 11.7 Å². The number of benzene rings is 1. The Morgan fingerprint density at radius 2 is 2.08 bits per heavy atom. The number of methoxy groups -OCH3 is 1. The van der Waals surface area contributed by atoms with Crippen molar-refractivity contribution < 1.29 is 13.9 Å². The molecule has 0 amide bonds. The van der Waals surface area contributed by atoms with E-state index < -0.39 is 17.8 Å². The van der Waals surface area contributed by atoms with Crippen LogP contribution >= 0.6 is 11.6 Å². The quantitative estimate of drug-likeness (QED) is 0.820. The van der Waals surface area contributed by atoms with E-state index in [9.17, 15) is 9.18 Å². The number of aliphatic imine (C=N–C) groups is 1. The number of ether oxygens (including phenoxy) is 1. The van der Waals surface area contributed by atoms with Crippen molar-refractivity contribution in [2.75, 3.05) is 7.11 Å². The van der Waals surface area contributed by atoms with Crippen LogP contribution in [0.2, 0.25) is 5.02 Å². The van der Waals surface area contributed by atoms with Gasteiger partial charge in [-0.05, 0) is 18.2 Å². The van der Waals surface area contributed by atoms with Gasteiger partial charge in [0.1, 0.15) is 23.1 Å². The third kappa shape index (κ3) is 3.18. The van der Waals surface area contributed by atoms with Crippen molar-refractivity contribution in [2.45, 2.75) is 6.04 Å². The molecule has 1 atom stereocenters. The summed E-state index contributed by atoms with van der Waals surface area (Å²) >= 11 is 6.25. The van der Waals surface area contributed by atoms with Gasteiger partial charge in [-0.3, -0.25) is 4.99 Å². The Hall–Kier alpha value is -2.93. The smallest absolute Gasteiger partial charge is 0.339 e. The number of hydrogen-bond donors (Lipinski definition) is 2. The Kier molecular flexibility index (Phi) is 4.67. The van der Waals surface area contributed by atoms with Crippen molar-refractivity contribution in [3.05, 3.63) is 76.1 Å².